The van der Waals surface area contributed by atoms with Crippen molar-refractivity contribution in [3.63, 3.8) is 0 Å². The van der Waals surface area contributed by atoms with E-state index in [0.29, 0.717) is 0 Å². The minimum absolute atomic E-state index is 0.0385. The van der Waals surface area contributed by atoms with Gasteiger partial charge in [-0.2, -0.15) is 0 Å². The number of carboxylic acid groups (broad SMARTS) is 2. The zero-order chi connectivity index (χ0) is 19.0. The van der Waals surface area contributed by atoms with Crippen molar-refractivity contribution in [2.24, 2.45) is 0 Å². The first-order valence-electron chi connectivity index (χ1n) is 6.05. The molecule has 0 aliphatic heterocycles. The fraction of sp³-hybridized carbons (Fsp3) is 0. The SMILES string of the molecule is O=C(O)c1c([Se]c2cc(Cl)c(Cl)c(Cl)c2C(=O)O)cc(Cl)c(Cl)c1Cl. The monoisotopic (exact) mass is 526 g/mol. The van der Waals surface area contributed by atoms with E-state index in [1.807, 2.05) is 0 Å². The molecule has 2 aromatic carbocycles. The van der Waals surface area contributed by atoms with Crippen LogP contribution in [0.3, 0.4) is 0 Å². The Balaban J connectivity index is 2.73. The van der Waals surface area contributed by atoms with Gasteiger partial charge in [-0.1, -0.05) is 0 Å². The number of benzene rings is 2. The van der Waals surface area contributed by atoms with Crippen molar-refractivity contribution in [3.8, 4) is 0 Å². The predicted molar refractivity (Wildman–Crippen MR) is 102 cm³/mol. The summed E-state index contributed by atoms with van der Waals surface area (Å²) in [6, 6.07) is 2.64. The van der Waals surface area contributed by atoms with Gasteiger partial charge in [0.25, 0.3) is 0 Å². The van der Waals surface area contributed by atoms with Gasteiger partial charge in [-0.05, 0) is 0 Å². The van der Waals surface area contributed by atoms with Crippen LogP contribution in [0.4, 0.5) is 0 Å². The van der Waals surface area contributed by atoms with Crippen LogP contribution in [0.25, 0.3) is 0 Å². The van der Waals surface area contributed by atoms with Crippen molar-refractivity contribution in [1.82, 2.24) is 0 Å². The van der Waals surface area contributed by atoms with E-state index in [2.05, 4.69) is 0 Å². The van der Waals surface area contributed by atoms with Gasteiger partial charge >= 0.3 is 179 Å². The molecule has 11 heteroatoms. The topological polar surface area (TPSA) is 74.6 Å². The summed E-state index contributed by atoms with van der Waals surface area (Å²) in [6.45, 7) is 0. The maximum atomic E-state index is 11.5. The normalized spacial score (nSPS) is 10.8. The summed E-state index contributed by atoms with van der Waals surface area (Å²) in [4.78, 5) is 23.1. The maximum absolute atomic E-state index is 11.5. The Morgan fingerprint density at radius 2 is 1.00 bits per heavy atom. The molecule has 4 nitrogen and oxygen atoms in total. The summed E-state index contributed by atoms with van der Waals surface area (Å²) in [5, 5.41) is 18.2. The van der Waals surface area contributed by atoms with Crippen LogP contribution >= 0.6 is 69.6 Å². The summed E-state index contributed by atoms with van der Waals surface area (Å²) in [6.07, 6.45) is 0. The summed E-state index contributed by atoms with van der Waals surface area (Å²) in [5.74, 6) is -2.66. The first-order chi connectivity index (χ1) is 11.6. The van der Waals surface area contributed by atoms with Gasteiger partial charge in [0.15, 0.2) is 0 Å². The molecule has 0 saturated carbocycles. The number of hydrogen-bond acceptors (Lipinski definition) is 2. The average molecular weight is 528 g/mol. The molecule has 0 aliphatic carbocycles. The summed E-state index contributed by atoms with van der Waals surface area (Å²) >= 11 is 34.8. The second kappa shape index (κ2) is 8.12. The molecule has 2 N–H and O–H groups in total. The molecule has 0 heterocycles. The Kier molecular flexibility index (Phi) is 6.80. The fourth-order valence-electron chi connectivity index (χ4n) is 1.82. The number of carboxylic acids is 2. The van der Waals surface area contributed by atoms with Gasteiger partial charge < -0.3 is 0 Å². The van der Waals surface area contributed by atoms with Gasteiger partial charge in [0.2, 0.25) is 0 Å². The molecule has 0 amide bonds. The summed E-state index contributed by atoms with van der Waals surface area (Å²) in [5.41, 5.74) is -0.538. The zero-order valence-corrected chi connectivity index (χ0v) is 17.8. The van der Waals surface area contributed by atoms with Crippen molar-refractivity contribution in [3.05, 3.63) is 53.4 Å². The van der Waals surface area contributed by atoms with Crippen molar-refractivity contribution in [2.75, 3.05) is 0 Å². The molecular formula is C14H4Cl6O4Se. The quantitative estimate of drug-likeness (QED) is 0.448. The molecule has 0 bridgehead atoms. The Morgan fingerprint density at radius 3 is 1.28 bits per heavy atom. The van der Waals surface area contributed by atoms with Crippen LogP contribution in [0.1, 0.15) is 20.7 Å². The Hall–Kier alpha value is -0.361. The van der Waals surface area contributed by atoms with Gasteiger partial charge in [-0.3, -0.25) is 0 Å². The molecule has 0 aromatic heterocycles. The molecule has 2 rings (SSSR count). The standard InChI is InChI=1S/C14H4Cl6O4Se/c15-3-1-5(7(13(21)22)11(19)9(3)17)25-6-2-4(16)10(18)12(20)8(6)14(23)24/h1-2H,(H,21,22)(H,23,24). The van der Waals surface area contributed by atoms with Gasteiger partial charge in [0, 0.05) is 0 Å². The van der Waals surface area contributed by atoms with Crippen LogP contribution < -0.4 is 8.92 Å². The number of aromatic carboxylic acids is 2. The third-order valence-electron chi connectivity index (χ3n) is 2.90. The molecule has 0 atom stereocenters. The van der Waals surface area contributed by atoms with Gasteiger partial charge in [0.1, 0.15) is 0 Å². The first kappa shape index (κ1) is 20.9. The van der Waals surface area contributed by atoms with Crippen LogP contribution in [0.15, 0.2) is 12.1 Å². The second-order valence-electron chi connectivity index (χ2n) is 4.43. The van der Waals surface area contributed by atoms with Crippen molar-refractivity contribution < 1.29 is 19.8 Å². The fourth-order valence-corrected chi connectivity index (χ4v) is 6.21. The molecule has 2 aromatic rings. The molecule has 0 radical (unpaired) electrons. The molecule has 0 unspecified atom stereocenters. The van der Waals surface area contributed by atoms with Crippen molar-refractivity contribution in [1.29, 1.82) is 0 Å². The predicted octanol–water partition coefficient (Wildman–Crippen LogP) is 4.66. The van der Waals surface area contributed by atoms with E-state index < -0.39 is 26.9 Å². The molecule has 132 valence electrons. The van der Waals surface area contributed by atoms with Gasteiger partial charge in [0.05, 0.1) is 0 Å². The van der Waals surface area contributed by atoms with Gasteiger partial charge in [-0.25, -0.2) is 0 Å². The van der Waals surface area contributed by atoms with Crippen LogP contribution in [0.2, 0.25) is 30.1 Å². The molecule has 0 saturated heterocycles. The molecular weight excluding hydrogens is 524 g/mol. The van der Waals surface area contributed by atoms with Crippen LogP contribution in [-0.4, -0.2) is 37.1 Å². The van der Waals surface area contributed by atoms with E-state index in [1.54, 1.807) is 0 Å². The molecule has 0 fully saturated rings. The number of halogens is 6. The van der Waals surface area contributed by atoms with Crippen molar-refractivity contribution >= 4 is 105 Å². The van der Waals surface area contributed by atoms with Crippen LogP contribution in [-0.2, 0) is 0 Å². The van der Waals surface area contributed by atoms with Crippen LogP contribution in [0.5, 0.6) is 0 Å². The zero-order valence-electron chi connectivity index (χ0n) is 11.5. The number of rotatable bonds is 4. The van der Waals surface area contributed by atoms with Crippen LogP contribution in [0, 0.1) is 0 Å². The van der Waals surface area contributed by atoms with E-state index in [1.165, 1.54) is 12.1 Å². The van der Waals surface area contributed by atoms with Crippen molar-refractivity contribution in [2.45, 2.75) is 0 Å². The van der Waals surface area contributed by atoms with E-state index in [4.69, 9.17) is 69.6 Å². The Bertz CT molecular complexity index is 842. The summed E-state index contributed by atoms with van der Waals surface area (Å²) in [7, 11) is 0. The summed E-state index contributed by atoms with van der Waals surface area (Å²) < 4.78 is 0.410. The van der Waals surface area contributed by atoms with E-state index in [-0.39, 0.29) is 50.2 Å². The number of hydrogen-bond donors (Lipinski definition) is 2. The Morgan fingerprint density at radius 1 is 0.680 bits per heavy atom. The van der Waals surface area contributed by atoms with E-state index in [9.17, 15) is 19.8 Å². The first-order valence-corrected chi connectivity index (χ1v) is 10.0. The third-order valence-corrected chi connectivity index (χ3v) is 7.70. The van der Waals surface area contributed by atoms with E-state index in [0.717, 1.165) is 0 Å². The minimum atomic E-state index is -1.33. The molecule has 0 aliphatic rings. The third kappa shape index (κ3) is 4.15. The second-order valence-corrected chi connectivity index (χ2v) is 9.03. The number of carbonyl (C=O) groups is 2. The average Bonchev–Trinajstić information content (AvgIpc) is 2.49. The van der Waals surface area contributed by atoms with E-state index >= 15 is 0 Å². The molecule has 25 heavy (non-hydrogen) atoms. The van der Waals surface area contributed by atoms with Gasteiger partial charge in [-0.15, -0.1) is 0 Å². The Labute approximate surface area is 177 Å². The molecule has 0 spiro atoms.